The van der Waals surface area contributed by atoms with Crippen LogP contribution in [-0.2, 0) is 0 Å². The summed E-state index contributed by atoms with van der Waals surface area (Å²) in [7, 11) is 0. The average Bonchev–Trinajstić information content (AvgIpc) is 2.26. The number of benzene rings is 1. The topological polar surface area (TPSA) is 92.4 Å². The first-order valence-corrected chi connectivity index (χ1v) is 6.22. The number of primary amides is 1. The molecule has 5 nitrogen and oxygen atoms in total. The number of nitrogens with one attached hydrogen (secondary N) is 1. The van der Waals surface area contributed by atoms with Gasteiger partial charge in [0.05, 0.1) is 11.1 Å². The van der Waals surface area contributed by atoms with Crippen molar-refractivity contribution in [2.75, 3.05) is 11.9 Å². The molecule has 98 valence electrons. The number of hydrogen-bond acceptors (Lipinski definition) is 3. The molecule has 1 aromatic carbocycles. The number of anilines is 1. The van der Waals surface area contributed by atoms with Crippen LogP contribution in [0.1, 0.15) is 34.6 Å². The lowest BCUT2D eigenvalue weighted by molar-refractivity contribution is 0.0695. The molecular formula is C12H15BrN2O3. The predicted octanol–water partition coefficient (Wildman–Crippen LogP) is 2.31. The van der Waals surface area contributed by atoms with E-state index in [0.717, 1.165) is 0 Å². The first-order valence-electron chi connectivity index (χ1n) is 5.43. The first-order chi connectivity index (χ1) is 8.32. The number of carboxylic acid groups (broad SMARTS) is 1. The number of amides is 1. The molecule has 4 N–H and O–H groups in total. The van der Waals surface area contributed by atoms with Crippen molar-refractivity contribution in [1.82, 2.24) is 0 Å². The van der Waals surface area contributed by atoms with E-state index in [0.29, 0.717) is 22.6 Å². The number of nitrogens with two attached hydrogens (primary N) is 1. The number of hydrogen-bond donors (Lipinski definition) is 3. The van der Waals surface area contributed by atoms with Crippen molar-refractivity contribution in [2.45, 2.75) is 13.8 Å². The van der Waals surface area contributed by atoms with Crippen LogP contribution in [-0.4, -0.2) is 23.5 Å². The smallest absolute Gasteiger partial charge is 0.336 e. The van der Waals surface area contributed by atoms with Crippen LogP contribution in [0.2, 0.25) is 0 Å². The minimum atomic E-state index is -1.06. The second kappa shape index (κ2) is 5.86. The van der Waals surface area contributed by atoms with Crippen molar-refractivity contribution in [2.24, 2.45) is 11.7 Å². The molecule has 0 fully saturated rings. The van der Waals surface area contributed by atoms with Crippen molar-refractivity contribution in [3.63, 3.8) is 0 Å². The van der Waals surface area contributed by atoms with Gasteiger partial charge in [-0.05, 0) is 34.0 Å². The van der Waals surface area contributed by atoms with Crippen LogP contribution >= 0.6 is 15.9 Å². The maximum atomic E-state index is 11.3. The Labute approximate surface area is 113 Å². The van der Waals surface area contributed by atoms with Crippen LogP contribution in [0.25, 0.3) is 0 Å². The summed E-state index contributed by atoms with van der Waals surface area (Å²) in [5, 5.41) is 12.1. The van der Waals surface area contributed by atoms with Gasteiger partial charge in [-0.1, -0.05) is 13.8 Å². The SMILES string of the molecule is CC(C)CNc1cc(C(=O)O)c(Br)cc1C(N)=O. The molecule has 0 aromatic heterocycles. The Kier molecular flexibility index (Phi) is 4.72. The number of carbonyl (C=O) groups excluding carboxylic acids is 1. The highest BCUT2D eigenvalue weighted by atomic mass is 79.9. The van der Waals surface area contributed by atoms with Crippen LogP contribution < -0.4 is 11.1 Å². The zero-order chi connectivity index (χ0) is 13.9. The van der Waals surface area contributed by atoms with E-state index in [1.165, 1.54) is 12.1 Å². The molecule has 1 aromatic rings. The van der Waals surface area contributed by atoms with Gasteiger partial charge in [0.25, 0.3) is 5.91 Å². The fraction of sp³-hybridized carbons (Fsp3) is 0.333. The van der Waals surface area contributed by atoms with Crippen LogP contribution in [0, 0.1) is 5.92 Å². The molecule has 1 rings (SSSR count). The number of rotatable bonds is 5. The number of carbonyl (C=O) groups is 2. The van der Waals surface area contributed by atoms with Crippen LogP contribution in [0.15, 0.2) is 16.6 Å². The Morgan fingerprint density at radius 1 is 1.39 bits per heavy atom. The lowest BCUT2D eigenvalue weighted by Gasteiger charge is -2.13. The van der Waals surface area contributed by atoms with Crippen LogP contribution in [0.5, 0.6) is 0 Å². The van der Waals surface area contributed by atoms with Crippen molar-refractivity contribution in [3.8, 4) is 0 Å². The zero-order valence-corrected chi connectivity index (χ0v) is 11.7. The van der Waals surface area contributed by atoms with Gasteiger partial charge in [-0.25, -0.2) is 4.79 Å². The Bertz CT molecular complexity index is 486. The second-order valence-corrected chi connectivity index (χ2v) is 5.18. The van der Waals surface area contributed by atoms with E-state index < -0.39 is 11.9 Å². The van der Waals surface area contributed by atoms with Gasteiger partial charge < -0.3 is 16.2 Å². The minimum Gasteiger partial charge on any atom is -0.478 e. The number of carboxylic acids is 1. The monoisotopic (exact) mass is 314 g/mol. The third-order valence-corrected chi connectivity index (χ3v) is 2.96. The van der Waals surface area contributed by atoms with Gasteiger partial charge in [-0.2, -0.15) is 0 Å². The molecule has 0 spiro atoms. The summed E-state index contributed by atoms with van der Waals surface area (Å²) >= 11 is 3.11. The summed E-state index contributed by atoms with van der Waals surface area (Å²) in [6.45, 7) is 4.64. The average molecular weight is 315 g/mol. The summed E-state index contributed by atoms with van der Waals surface area (Å²) in [5.41, 5.74) is 6.07. The predicted molar refractivity (Wildman–Crippen MR) is 72.9 cm³/mol. The Hall–Kier alpha value is -1.56. The molecule has 0 saturated carbocycles. The molecule has 1 amide bonds. The molecule has 6 heteroatoms. The molecule has 0 unspecified atom stereocenters. The highest BCUT2D eigenvalue weighted by Crippen LogP contribution is 2.26. The Balaban J connectivity index is 3.22. The van der Waals surface area contributed by atoms with Gasteiger partial charge in [-0.15, -0.1) is 0 Å². The molecular weight excluding hydrogens is 300 g/mol. The summed E-state index contributed by atoms with van der Waals surface area (Å²) in [5.74, 6) is -1.30. The minimum absolute atomic E-state index is 0.0891. The largest absolute Gasteiger partial charge is 0.478 e. The van der Waals surface area contributed by atoms with Crippen molar-refractivity contribution >= 4 is 33.5 Å². The normalized spacial score (nSPS) is 10.4. The fourth-order valence-corrected chi connectivity index (χ4v) is 1.91. The van der Waals surface area contributed by atoms with Crippen molar-refractivity contribution in [3.05, 3.63) is 27.7 Å². The maximum Gasteiger partial charge on any atom is 0.336 e. The lowest BCUT2D eigenvalue weighted by Crippen LogP contribution is -2.17. The van der Waals surface area contributed by atoms with E-state index in [1.54, 1.807) is 0 Å². The Morgan fingerprint density at radius 2 is 2.00 bits per heavy atom. The van der Waals surface area contributed by atoms with Crippen LogP contribution in [0.3, 0.4) is 0 Å². The van der Waals surface area contributed by atoms with E-state index >= 15 is 0 Å². The third kappa shape index (κ3) is 3.46. The van der Waals surface area contributed by atoms with Gasteiger partial charge in [0.15, 0.2) is 0 Å². The third-order valence-electron chi connectivity index (χ3n) is 2.30. The maximum absolute atomic E-state index is 11.3. The highest BCUT2D eigenvalue weighted by molar-refractivity contribution is 9.10. The van der Waals surface area contributed by atoms with Gasteiger partial charge in [-0.3, -0.25) is 4.79 Å². The number of aromatic carboxylic acids is 1. The summed E-state index contributed by atoms with van der Waals surface area (Å²) in [6, 6.07) is 2.84. The molecule has 0 bridgehead atoms. The molecule has 0 radical (unpaired) electrons. The molecule has 0 atom stereocenters. The Morgan fingerprint density at radius 3 is 2.44 bits per heavy atom. The summed E-state index contributed by atoms with van der Waals surface area (Å²) in [4.78, 5) is 22.3. The highest BCUT2D eigenvalue weighted by Gasteiger charge is 2.16. The zero-order valence-electron chi connectivity index (χ0n) is 10.2. The molecule has 0 saturated heterocycles. The van der Waals surface area contributed by atoms with Gasteiger partial charge in [0.1, 0.15) is 0 Å². The molecule has 0 aliphatic heterocycles. The molecule has 0 aliphatic carbocycles. The van der Waals surface area contributed by atoms with Crippen LogP contribution in [0.4, 0.5) is 5.69 Å². The fourth-order valence-electron chi connectivity index (χ4n) is 1.40. The van der Waals surface area contributed by atoms with E-state index in [-0.39, 0.29) is 11.1 Å². The van der Waals surface area contributed by atoms with E-state index in [1.807, 2.05) is 13.8 Å². The summed E-state index contributed by atoms with van der Waals surface area (Å²) in [6.07, 6.45) is 0. The molecule has 0 aliphatic rings. The lowest BCUT2D eigenvalue weighted by atomic mass is 10.1. The quantitative estimate of drug-likeness (QED) is 0.777. The molecule has 0 heterocycles. The van der Waals surface area contributed by atoms with Gasteiger partial charge in [0.2, 0.25) is 0 Å². The molecule has 18 heavy (non-hydrogen) atoms. The van der Waals surface area contributed by atoms with E-state index in [9.17, 15) is 9.59 Å². The van der Waals surface area contributed by atoms with Gasteiger partial charge >= 0.3 is 5.97 Å². The van der Waals surface area contributed by atoms with Gasteiger partial charge in [0, 0.05) is 16.7 Å². The van der Waals surface area contributed by atoms with Crippen molar-refractivity contribution < 1.29 is 14.7 Å². The van der Waals surface area contributed by atoms with E-state index in [4.69, 9.17) is 10.8 Å². The first kappa shape index (κ1) is 14.5. The summed E-state index contributed by atoms with van der Waals surface area (Å²) < 4.78 is 0.332. The van der Waals surface area contributed by atoms with E-state index in [2.05, 4.69) is 21.2 Å². The standard InChI is InChI=1S/C12H15BrN2O3/c1-6(2)5-15-10-4-7(12(17)18)9(13)3-8(10)11(14)16/h3-4,6,15H,5H2,1-2H3,(H2,14,16)(H,17,18). The second-order valence-electron chi connectivity index (χ2n) is 4.32. The number of halogens is 1. The van der Waals surface area contributed by atoms with Crippen molar-refractivity contribution in [1.29, 1.82) is 0 Å².